The Labute approximate surface area is 139 Å². The van der Waals surface area contributed by atoms with Crippen molar-refractivity contribution in [2.45, 2.75) is 57.9 Å². The largest absolute Gasteiger partial charge is 0.497 e. The molecular formula is C19H29NO3. The molecule has 2 N–H and O–H groups in total. The summed E-state index contributed by atoms with van der Waals surface area (Å²) in [4.78, 5) is 11.7. The fraction of sp³-hybridized carbons (Fsp3) is 0.526. The third-order valence-electron chi connectivity index (χ3n) is 4.35. The number of allylic oxidation sites excluding steroid dienone is 1. The zero-order valence-electron chi connectivity index (χ0n) is 14.7. The van der Waals surface area contributed by atoms with Gasteiger partial charge in [-0.05, 0) is 49.3 Å². The molecule has 0 radical (unpaired) electrons. The highest BCUT2D eigenvalue weighted by Crippen LogP contribution is 2.37. The van der Waals surface area contributed by atoms with Crippen molar-refractivity contribution >= 4 is 5.97 Å². The van der Waals surface area contributed by atoms with Gasteiger partial charge >= 0.3 is 5.97 Å². The molecule has 4 nitrogen and oxygen atoms in total. The van der Waals surface area contributed by atoms with E-state index in [1.165, 1.54) is 0 Å². The maximum absolute atomic E-state index is 11.7. The number of carboxylic acid groups (broad SMARTS) is 1. The zero-order valence-corrected chi connectivity index (χ0v) is 14.7. The van der Waals surface area contributed by atoms with E-state index in [1.54, 1.807) is 7.11 Å². The number of benzene rings is 1. The SMILES string of the molecule is C=C1CCC(CC(CC)c2ccc(OC)cc2)(C(=O)O)N1.CC. The highest BCUT2D eigenvalue weighted by atomic mass is 16.5. The first-order valence-corrected chi connectivity index (χ1v) is 8.34. The van der Waals surface area contributed by atoms with Crippen LogP contribution in [-0.4, -0.2) is 23.7 Å². The highest BCUT2D eigenvalue weighted by molar-refractivity contribution is 5.80. The second-order valence-electron chi connectivity index (χ2n) is 5.70. The van der Waals surface area contributed by atoms with E-state index < -0.39 is 11.5 Å². The molecule has 2 atom stereocenters. The van der Waals surface area contributed by atoms with Crippen molar-refractivity contribution in [1.82, 2.24) is 5.32 Å². The van der Waals surface area contributed by atoms with Crippen molar-refractivity contribution in [2.75, 3.05) is 7.11 Å². The first-order valence-electron chi connectivity index (χ1n) is 8.34. The number of carbonyl (C=O) groups is 1. The predicted molar refractivity (Wildman–Crippen MR) is 93.9 cm³/mol. The van der Waals surface area contributed by atoms with Crippen LogP contribution in [-0.2, 0) is 4.79 Å². The van der Waals surface area contributed by atoms with E-state index >= 15 is 0 Å². The Morgan fingerprint density at radius 1 is 1.39 bits per heavy atom. The van der Waals surface area contributed by atoms with Crippen LogP contribution in [0.3, 0.4) is 0 Å². The minimum absolute atomic E-state index is 0.199. The second kappa shape index (κ2) is 8.61. The minimum Gasteiger partial charge on any atom is -0.497 e. The summed E-state index contributed by atoms with van der Waals surface area (Å²) in [7, 11) is 1.64. The lowest BCUT2D eigenvalue weighted by Crippen LogP contribution is -2.48. The fourth-order valence-electron chi connectivity index (χ4n) is 3.02. The molecule has 0 aromatic heterocycles. The third kappa shape index (κ3) is 4.50. The first kappa shape index (κ1) is 19.1. The number of hydrogen-bond acceptors (Lipinski definition) is 3. The van der Waals surface area contributed by atoms with Gasteiger partial charge < -0.3 is 15.2 Å². The molecule has 1 heterocycles. The molecule has 23 heavy (non-hydrogen) atoms. The van der Waals surface area contributed by atoms with Crippen LogP contribution >= 0.6 is 0 Å². The lowest BCUT2D eigenvalue weighted by molar-refractivity contribution is -0.144. The molecule has 2 rings (SSSR count). The van der Waals surface area contributed by atoms with Crippen molar-refractivity contribution in [3.8, 4) is 5.75 Å². The van der Waals surface area contributed by atoms with Crippen LogP contribution < -0.4 is 10.1 Å². The van der Waals surface area contributed by atoms with Crippen molar-refractivity contribution in [1.29, 1.82) is 0 Å². The van der Waals surface area contributed by atoms with Crippen LogP contribution in [0, 0.1) is 0 Å². The number of carboxylic acids is 1. The van der Waals surface area contributed by atoms with Gasteiger partial charge in [0.05, 0.1) is 7.11 Å². The number of rotatable bonds is 6. The average Bonchev–Trinajstić information content (AvgIpc) is 2.97. The molecule has 1 aromatic rings. The maximum Gasteiger partial charge on any atom is 0.329 e. The van der Waals surface area contributed by atoms with Crippen LogP contribution in [0.5, 0.6) is 5.75 Å². The molecule has 2 unspecified atom stereocenters. The van der Waals surface area contributed by atoms with Gasteiger partial charge in [0, 0.05) is 5.70 Å². The summed E-state index contributed by atoms with van der Waals surface area (Å²) in [6.45, 7) is 9.96. The summed E-state index contributed by atoms with van der Waals surface area (Å²) in [6, 6.07) is 7.89. The van der Waals surface area contributed by atoms with E-state index in [9.17, 15) is 9.90 Å². The van der Waals surface area contributed by atoms with Crippen LogP contribution in [0.25, 0.3) is 0 Å². The zero-order chi connectivity index (χ0) is 17.5. The van der Waals surface area contributed by atoms with E-state index in [4.69, 9.17) is 4.74 Å². The molecule has 0 amide bonds. The fourth-order valence-corrected chi connectivity index (χ4v) is 3.02. The Morgan fingerprint density at radius 2 is 2.00 bits per heavy atom. The van der Waals surface area contributed by atoms with Crippen LogP contribution in [0.2, 0.25) is 0 Å². The van der Waals surface area contributed by atoms with Gasteiger partial charge in [-0.25, -0.2) is 4.79 Å². The third-order valence-corrected chi connectivity index (χ3v) is 4.35. The summed E-state index contributed by atoms with van der Waals surface area (Å²) in [6.07, 6.45) is 2.80. The lowest BCUT2D eigenvalue weighted by Gasteiger charge is -2.29. The Bertz CT molecular complexity index is 524. The van der Waals surface area contributed by atoms with E-state index in [-0.39, 0.29) is 5.92 Å². The summed E-state index contributed by atoms with van der Waals surface area (Å²) in [5.74, 6) is 0.229. The number of methoxy groups -OCH3 is 1. The topological polar surface area (TPSA) is 58.6 Å². The smallest absolute Gasteiger partial charge is 0.329 e. The molecule has 0 aliphatic carbocycles. The Hall–Kier alpha value is -1.97. The molecule has 128 valence electrons. The van der Waals surface area contributed by atoms with Crippen LogP contribution in [0.1, 0.15) is 57.9 Å². The summed E-state index contributed by atoms with van der Waals surface area (Å²) in [5.41, 5.74) is 1.10. The summed E-state index contributed by atoms with van der Waals surface area (Å²) in [5, 5.41) is 12.7. The van der Waals surface area contributed by atoms with Crippen LogP contribution in [0.15, 0.2) is 36.5 Å². The molecule has 0 bridgehead atoms. The van der Waals surface area contributed by atoms with E-state index in [0.29, 0.717) is 12.8 Å². The van der Waals surface area contributed by atoms with Gasteiger partial charge in [-0.3, -0.25) is 0 Å². The highest BCUT2D eigenvalue weighted by Gasteiger charge is 2.44. The Balaban J connectivity index is 0.00000127. The second-order valence-corrected chi connectivity index (χ2v) is 5.70. The predicted octanol–water partition coefficient (Wildman–Crippen LogP) is 4.33. The standard InChI is InChI=1S/C17H23NO3.C2H6/c1-4-13(14-5-7-15(21-3)8-6-14)11-17(16(19)20)10-9-12(2)18-17;1-2/h5-8,13,18H,2,4,9-11H2,1,3H3,(H,19,20);1-2H3. The van der Waals surface area contributed by atoms with Crippen molar-refractivity contribution in [2.24, 2.45) is 0 Å². The van der Waals surface area contributed by atoms with Gasteiger partial charge in [0.25, 0.3) is 0 Å². The Morgan fingerprint density at radius 3 is 2.39 bits per heavy atom. The molecule has 4 heteroatoms. The van der Waals surface area contributed by atoms with Crippen molar-refractivity contribution in [3.05, 3.63) is 42.1 Å². The normalized spacial score (nSPS) is 21.0. The lowest BCUT2D eigenvalue weighted by atomic mass is 9.81. The van der Waals surface area contributed by atoms with Crippen molar-refractivity contribution in [3.63, 3.8) is 0 Å². The van der Waals surface area contributed by atoms with E-state index in [2.05, 4.69) is 18.8 Å². The van der Waals surface area contributed by atoms with E-state index in [0.717, 1.165) is 29.9 Å². The van der Waals surface area contributed by atoms with E-state index in [1.807, 2.05) is 38.1 Å². The molecule has 0 spiro atoms. The quantitative estimate of drug-likeness (QED) is 0.819. The number of nitrogens with one attached hydrogen (secondary N) is 1. The van der Waals surface area contributed by atoms with Gasteiger partial charge in [0.2, 0.25) is 0 Å². The van der Waals surface area contributed by atoms with Gasteiger partial charge in [-0.2, -0.15) is 0 Å². The summed E-state index contributed by atoms with van der Waals surface area (Å²) >= 11 is 0. The number of hydrogen-bond donors (Lipinski definition) is 2. The molecule has 1 aromatic carbocycles. The maximum atomic E-state index is 11.7. The summed E-state index contributed by atoms with van der Waals surface area (Å²) < 4.78 is 5.17. The monoisotopic (exact) mass is 319 g/mol. The molecule has 1 saturated heterocycles. The molecule has 0 saturated carbocycles. The Kier molecular flexibility index (Phi) is 7.14. The van der Waals surface area contributed by atoms with Gasteiger partial charge in [-0.15, -0.1) is 0 Å². The first-order chi connectivity index (χ1) is 11.0. The van der Waals surface area contributed by atoms with Gasteiger partial charge in [-0.1, -0.05) is 39.5 Å². The molecule has 1 aliphatic heterocycles. The van der Waals surface area contributed by atoms with Crippen LogP contribution in [0.4, 0.5) is 0 Å². The van der Waals surface area contributed by atoms with Crippen molar-refractivity contribution < 1.29 is 14.6 Å². The molecule has 1 aliphatic rings. The number of ether oxygens (including phenoxy) is 1. The molecule has 1 fully saturated rings. The van der Waals surface area contributed by atoms with Gasteiger partial charge in [0.15, 0.2) is 0 Å². The number of aliphatic carboxylic acids is 1. The average molecular weight is 319 g/mol. The minimum atomic E-state index is -0.877. The van der Waals surface area contributed by atoms with Gasteiger partial charge in [0.1, 0.15) is 11.3 Å². The molecular weight excluding hydrogens is 290 g/mol.